The zero-order valence-corrected chi connectivity index (χ0v) is 12.8. The molecule has 0 amide bonds. The van der Waals surface area contributed by atoms with Crippen LogP contribution in [0.15, 0.2) is 24.3 Å². The Bertz CT molecular complexity index is 711. The van der Waals surface area contributed by atoms with Gasteiger partial charge in [-0.15, -0.1) is 0 Å². The van der Waals surface area contributed by atoms with Crippen LogP contribution in [-0.4, -0.2) is 19.6 Å². The Morgan fingerprint density at radius 2 is 1.68 bits per heavy atom. The van der Waals surface area contributed by atoms with E-state index in [1.807, 2.05) is 0 Å². The molecule has 0 aliphatic heterocycles. The Labute approximate surface area is 121 Å². The molecule has 13 nitrogen and oxygen atoms in total. The van der Waals surface area contributed by atoms with Crippen molar-refractivity contribution in [1.82, 2.24) is 0 Å². The minimum Gasteiger partial charge on any atom is -0.755 e. The second-order valence-electron chi connectivity index (χ2n) is 3.42. The van der Waals surface area contributed by atoms with Crippen LogP contribution in [0.5, 0.6) is 5.75 Å². The molecule has 1 rings (SSSR count). The average molecular weight is 378 g/mol. The van der Waals surface area contributed by atoms with E-state index in [9.17, 15) is 28.7 Å². The molecular formula is C6H7NO12P3-. The number of benzene rings is 1. The maximum Gasteiger partial charge on any atom is 0.534 e. The Morgan fingerprint density at radius 1 is 1.09 bits per heavy atom. The topological polar surface area (TPSA) is 206 Å². The molecule has 0 spiro atoms. The van der Waals surface area contributed by atoms with E-state index in [-0.39, 0.29) is 0 Å². The second-order valence-corrected chi connectivity index (χ2v) is 7.72. The molecular weight excluding hydrogens is 371 g/mol. The highest BCUT2D eigenvalue weighted by Gasteiger charge is 2.35. The first-order valence-corrected chi connectivity index (χ1v) is 9.34. The summed E-state index contributed by atoms with van der Waals surface area (Å²) in [7, 11) is -16.9. The summed E-state index contributed by atoms with van der Waals surface area (Å²) in [6, 6.07) is 3.74. The first-order chi connectivity index (χ1) is 9.80. The molecule has 0 fully saturated rings. The third kappa shape index (κ3) is 6.75. The summed E-state index contributed by atoms with van der Waals surface area (Å²) in [4.78, 5) is 46.4. The molecule has 1 aromatic carbocycles. The van der Waals surface area contributed by atoms with Crippen molar-refractivity contribution in [2.75, 3.05) is 0 Å². The normalized spacial score (nSPS) is 17.3. The highest BCUT2D eigenvalue weighted by molar-refractivity contribution is 7.66. The van der Waals surface area contributed by atoms with E-state index in [2.05, 4.69) is 13.1 Å². The lowest BCUT2D eigenvalue weighted by molar-refractivity contribution is -0.384. The Balaban J connectivity index is 2.90. The van der Waals surface area contributed by atoms with Gasteiger partial charge >= 0.3 is 15.6 Å². The zero-order chi connectivity index (χ0) is 17.2. The minimum atomic E-state index is -5.89. The smallest absolute Gasteiger partial charge is 0.534 e. The summed E-state index contributed by atoms with van der Waals surface area (Å²) < 4.78 is 43.7. The number of phosphoric ester groups is 1. The Kier molecular flexibility index (Phi) is 5.63. The van der Waals surface area contributed by atoms with Gasteiger partial charge in [0.1, 0.15) is 5.75 Å². The van der Waals surface area contributed by atoms with Crippen molar-refractivity contribution in [1.29, 1.82) is 0 Å². The molecule has 22 heavy (non-hydrogen) atoms. The van der Waals surface area contributed by atoms with Crippen LogP contribution in [0, 0.1) is 10.1 Å². The van der Waals surface area contributed by atoms with E-state index >= 15 is 0 Å². The first kappa shape index (κ1) is 18.9. The lowest BCUT2D eigenvalue weighted by atomic mass is 10.3. The van der Waals surface area contributed by atoms with Crippen LogP contribution in [0.25, 0.3) is 0 Å². The van der Waals surface area contributed by atoms with Gasteiger partial charge in [-0.1, -0.05) is 6.07 Å². The van der Waals surface area contributed by atoms with E-state index in [4.69, 9.17) is 14.7 Å². The van der Waals surface area contributed by atoms with Crippen molar-refractivity contribution in [2.45, 2.75) is 0 Å². The molecule has 0 saturated carbocycles. The highest BCUT2D eigenvalue weighted by atomic mass is 31.3. The predicted molar refractivity (Wildman–Crippen MR) is 65.4 cm³/mol. The van der Waals surface area contributed by atoms with Crippen LogP contribution >= 0.6 is 23.5 Å². The molecule has 124 valence electrons. The van der Waals surface area contributed by atoms with Gasteiger partial charge in [-0.2, -0.15) is 0 Å². The summed E-state index contributed by atoms with van der Waals surface area (Å²) in [5.41, 5.74) is -0.533. The van der Waals surface area contributed by atoms with Gasteiger partial charge in [0.15, 0.2) is 0 Å². The summed E-state index contributed by atoms with van der Waals surface area (Å²) in [5, 5.41) is 10.5. The third-order valence-electron chi connectivity index (χ3n) is 1.66. The molecule has 0 radical (unpaired) electrons. The number of nitro groups is 1. The molecule has 1 aromatic rings. The largest absolute Gasteiger partial charge is 0.755 e. The van der Waals surface area contributed by atoms with Gasteiger partial charge in [0, 0.05) is 6.07 Å². The average Bonchev–Trinajstić information content (AvgIpc) is 2.22. The number of non-ortho nitro benzene ring substituents is 1. The summed E-state index contributed by atoms with van der Waals surface area (Å²) in [6.45, 7) is 0. The van der Waals surface area contributed by atoms with E-state index in [1.54, 1.807) is 0 Å². The standard InChI is InChI=1S/C6H8NO12P3/c8-7(9)5-2-1-3-6(4-5)17-21(13,14)19-22(15,16)18-20(10,11)12/h1-4H,(H,13,14)(H,15,16)(H2,10,11,12)/p-1. The van der Waals surface area contributed by atoms with Gasteiger partial charge in [-0.25, -0.2) is 17.8 Å². The molecule has 3 N–H and O–H groups in total. The van der Waals surface area contributed by atoms with Crippen molar-refractivity contribution < 1.29 is 51.3 Å². The first-order valence-electron chi connectivity index (χ1n) is 4.86. The highest BCUT2D eigenvalue weighted by Crippen LogP contribution is 2.63. The van der Waals surface area contributed by atoms with Crippen LogP contribution in [0.2, 0.25) is 0 Å². The number of nitrogens with zero attached hydrogens (tertiary/aromatic N) is 1. The fraction of sp³-hybridized carbons (Fsp3) is 0. The number of rotatable bonds is 7. The number of phosphoric acid groups is 3. The van der Waals surface area contributed by atoms with E-state index in [0.29, 0.717) is 6.07 Å². The third-order valence-corrected chi connectivity index (χ3v) is 5.38. The van der Waals surface area contributed by atoms with E-state index in [1.165, 1.54) is 0 Å². The van der Waals surface area contributed by atoms with Crippen molar-refractivity contribution >= 4 is 29.2 Å². The lowest BCUT2D eigenvalue weighted by Crippen LogP contribution is -2.08. The van der Waals surface area contributed by atoms with Gasteiger partial charge in [0.2, 0.25) is 0 Å². The molecule has 0 aliphatic carbocycles. The summed E-state index contributed by atoms with van der Waals surface area (Å²) in [6.07, 6.45) is 0. The molecule has 0 saturated heterocycles. The van der Waals surface area contributed by atoms with Crippen LogP contribution in [0.3, 0.4) is 0 Å². The van der Waals surface area contributed by atoms with Crippen LogP contribution < -0.4 is 9.42 Å². The Hall–Kier alpha value is -1.13. The number of nitro benzene ring substituents is 1. The monoisotopic (exact) mass is 378 g/mol. The van der Waals surface area contributed by atoms with Crippen LogP contribution in [0.1, 0.15) is 0 Å². The SMILES string of the molecule is O=[N+]([O-])c1cccc(OP(=O)(O)OP(=O)([O-])OP(=O)(O)O)c1. The fourth-order valence-corrected chi connectivity index (χ4v) is 4.03. The lowest BCUT2D eigenvalue weighted by Gasteiger charge is -2.24. The molecule has 0 aromatic heterocycles. The van der Waals surface area contributed by atoms with Crippen molar-refractivity contribution in [3.63, 3.8) is 0 Å². The van der Waals surface area contributed by atoms with Gasteiger partial charge in [-0.05, 0) is 6.07 Å². The number of hydrogen-bond donors (Lipinski definition) is 3. The molecule has 16 heteroatoms. The molecule has 2 unspecified atom stereocenters. The van der Waals surface area contributed by atoms with Gasteiger partial charge < -0.3 is 19.2 Å². The molecule has 2 atom stereocenters. The predicted octanol–water partition coefficient (Wildman–Crippen LogP) is 0.668. The Morgan fingerprint density at radius 3 is 2.18 bits per heavy atom. The molecule has 0 bridgehead atoms. The second kappa shape index (κ2) is 6.55. The van der Waals surface area contributed by atoms with Gasteiger partial charge in [0.05, 0.1) is 11.0 Å². The van der Waals surface area contributed by atoms with Crippen molar-refractivity contribution in [3.05, 3.63) is 34.4 Å². The van der Waals surface area contributed by atoms with E-state index < -0.39 is 39.8 Å². The molecule has 0 heterocycles. The fourth-order valence-electron chi connectivity index (χ4n) is 1.08. The minimum absolute atomic E-state index is 0.533. The van der Waals surface area contributed by atoms with Crippen LogP contribution in [-0.2, 0) is 22.3 Å². The summed E-state index contributed by atoms with van der Waals surface area (Å²) in [5.74, 6) is -0.601. The zero-order valence-electron chi connectivity index (χ0n) is 10.1. The van der Waals surface area contributed by atoms with Crippen LogP contribution in [0.4, 0.5) is 5.69 Å². The van der Waals surface area contributed by atoms with Crippen molar-refractivity contribution in [2.24, 2.45) is 0 Å². The maximum absolute atomic E-state index is 11.4. The summed E-state index contributed by atoms with van der Waals surface area (Å²) >= 11 is 0. The van der Waals surface area contributed by atoms with E-state index in [0.717, 1.165) is 18.2 Å². The van der Waals surface area contributed by atoms with Gasteiger partial charge in [0.25, 0.3) is 13.5 Å². The molecule has 0 aliphatic rings. The maximum atomic E-state index is 11.4. The quantitative estimate of drug-likeness (QED) is 0.340. The van der Waals surface area contributed by atoms with Gasteiger partial charge in [-0.3, -0.25) is 19.6 Å². The van der Waals surface area contributed by atoms with Crippen molar-refractivity contribution in [3.8, 4) is 5.75 Å². The number of hydrogen-bond acceptors (Lipinski definition) is 9.